The predicted octanol–water partition coefficient (Wildman–Crippen LogP) is 2.70. The zero-order chi connectivity index (χ0) is 20.0. The molecule has 27 heavy (non-hydrogen) atoms. The van der Waals surface area contributed by atoms with Crippen LogP contribution >= 0.6 is 0 Å². The van der Waals surface area contributed by atoms with Crippen molar-refractivity contribution in [3.63, 3.8) is 0 Å². The van der Waals surface area contributed by atoms with E-state index in [1.807, 2.05) is 0 Å². The van der Waals surface area contributed by atoms with Crippen LogP contribution in [0.4, 0.5) is 13.2 Å². The van der Waals surface area contributed by atoms with Gasteiger partial charge in [-0.1, -0.05) is 35.5 Å². The van der Waals surface area contributed by atoms with Gasteiger partial charge in [0, 0.05) is 11.8 Å². The van der Waals surface area contributed by atoms with Crippen molar-refractivity contribution in [2.24, 2.45) is 5.16 Å². The van der Waals surface area contributed by atoms with Crippen LogP contribution in [0.5, 0.6) is 0 Å². The molecule has 0 aliphatic carbocycles. The Balaban J connectivity index is 2.14. The Kier molecular flexibility index (Phi) is 6.89. The normalized spacial score (nSPS) is 14.1. The molecule has 0 spiro atoms. The van der Waals surface area contributed by atoms with E-state index in [1.54, 1.807) is 42.7 Å². The molecule has 9 heteroatoms. The zero-order valence-corrected chi connectivity index (χ0v) is 14.3. The molecule has 0 fully saturated rings. The van der Waals surface area contributed by atoms with E-state index >= 15 is 0 Å². The highest BCUT2D eigenvalue weighted by Gasteiger charge is 2.26. The second-order valence-corrected chi connectivity index (χ2v) is 5.75. The second kappa shape index (κ2) is 9.13. The second-order valence-electron chi connectivity index (χ2n) is 5.75. The van der Waals surface area contributed by atoms with Gasteiger partial charge in [-0.25, -0.2) is 4.39 Å². The van der Waals surface area contributed by atoms with E-state index in [2.05, 4.69) is 10.1 Å². The maximum Gasteiger partial charge on any atom is 0.315 e. The lowest BCUT2D eigenvalue weighted by Crippen LogP contribution is -2.43. The average Bonchev–Trinajstić information content (AvgIpc) is 2.70. The number of aromatic nitrogens is 1. The summed E-state index contributed by atoms with van der Waals surface area (Å²) in [6, 6.07) is 8.26. The topological polar surface area (TPSA) is 94.8 Å². The largest absolute Gasteiger partial charge is 0.411 e. The van der Waals surface area contributed by atoms with E-state index in [1.165, 1.54) is 12.1 Å². The van der Waals surface area contributed by atoms with Crippen molar-refractivity contribution in [1.29, 1.82) is 0 Å². The summed E-state index contributed by atoms with van der Waals surface area (Å²) in [6.45, 7) is 0.408. The van der Waals surface area contributed by atoms with Crippen LogP contribution in [0.15, 0.2) is 47.8 Å². The van der Waals surface area contributed by atoms with Gasteiger partial charge < -0.3 is 15.6 Å². The SMILES string of the molecule is C/C(=N/O)c1ccc(-c2ccc([C@@H](O)[C@@H](CF)NC(=O)C(F)F)cc2)cn1. The molecule has 1 amide bonds. The minimum atomic E-state index is -3.29. The highest BCUT2D eigenvalue weighted by atomic mass is 19.3. The van der Waals surface area contributed by atoms with Gasteiger partial charge >= 0.3 is 6.43 Å². The summed E-state index contributed by atoms with van der Waals surface area (Å²) in [5.74, 6) is -1.64. The van der Waals surface area contributed by atoms with Crippen molar-refractivity contribution >= 4 is 11.6 Å². The molecule has 0 radical (unpaired) electrons. The number of nitrogens with zero attached hydrogens (tertiary/aromatic N) is 2. The molecular formula is C18H18F3N3O3. The van der Waals surface area contributed by atoms with Gasteiger partial charge in [0.05, 0.1) is 11.7 Å². The predicted molar refractivity (Wildman–Crippen MR) is 92.5 cm³/mol. The molecule has 0 saturated heterocycles. The van der Waals surface area contributed by atoms with E-state index in [0.717, 1.165) is 11.1 Å². The van der Waals surface area contributed by atoms with Crippen molar-refractivity contribution in [2.45, 2.75) is 25.5 Å². The monoisotopic (exact) mass is 381 g/mol. The summed E-state index contributed by atoms with van der Waals surface area (Å²) in [7, 11) is 0. The molecule has 1 aromatic carbocycles. The molecule has 6 nitrogen and oxygen atoms in total. The molecule has 2 atom stereocenters. The summed E-state index contributed by atoms with van der Waals surface area (Å²) < 4.78 is 37.6. The van der Waals surface area contributed by atoms with Gasteiger partial charge in [0.2, 0.25) is 0 Å². The van der Waals surface area contributed by atoms with E-state index in [0.29, 0.717) is 11.4 Å². The maximum absolute atomic E-state index is 13.0. The van der Waals surface area contributed by atoms with Gasteiger partial charge in [0.15, 0.2) is 0 Å². The van der Waals surface area contributed by atoms with Gasteiger partial charge in [-0.05, 0) is 24.1 Å². The van der Waals surface area contributed by atoms with Crippen LogP contribution in [-0.2, 0) is 4.79 Å². The number of carbonyl (C=O) groups excluding carboxylic acids is 1. The molecule has 0 saturated carbocycles. The molecule has 0 bridgehead atoms. The smallest absolute Gasteiger partial charge is 0.315 e. The Morgan fingerprint density at radius 3 is 2.30 bits per heavy atom. The number of carbonyl (C=O) groups is 1. The highest BCUT2D eigenvalue weighted by Crippen LogP contribution is 2.23. The number of pyridine rings is 1. The van der Waals surface area contributed by atoms with E-state index in [-0.39, 0.29) is 5.56 Å². The zero-order valence-electron chi connectivity index (χ0n) is 14.3. The lowest BCUT2D eigenvalue weighted by molar-refractivity contribution is -0.133. The number of nitrogens with one attached hydrogen (secondary N) is 1. The third-order valence-electron chi connectivity index (χ3n) is 3.94. The van der Waals surface area contributed by atoms with Crippen LogP contribution in [0.25, 0.3) is 11.1 Å². The first-order valence-corrected chi connectivity index (χ1v) is 7.95. The Morgan fingerprint density at radius 1 is 1.19 bits per heavy atom. The molecule has 3 N–H and O–H groups in total. The number of hydrogen-bond acceptors (Lipinski definition) is 5. The summed E-state index contributed by atoms with van der Waals surface area (Å²) in [5, 5.41) is 23.7. The molecule has 2 rings (SSSR count). The Bertz CT molecular complexity index is 796. The van der Waals surface area contributed by atoms with Crippen molar-refractivity contribution in [3.05, 3.63) is 53.9 Å². The fourth-order valence-corrected chi connectivity index (χ4v) is 2.38. The van der Waals surface area contributed by atoms with Gasteiger partial charge in [0.1, 0.15) is 18.5 Å². The maximum atomic E-state index is 13.0. The molecule has 1 aromatic heterocycles. The van der Waals surface area contributed by atoms with Crippen LogP contribution in [0.1, 0.15) is 24.3 Å². The standard InChI is InChI=1S/C18H18F3N3O3/c1-10(24-27)14-7-6-13(9-22-14)11-2-4-12(5-3-11)16(25)15(8-19)23-18(26)17(20)21/h2-7,9,15-17,25,27H,8H2,1H3,(H,23,26)/b24-10-/t15-,16-/m1/s1. The number of hydrogen-bond donors (Lipinski definition) is 3. The van der Waals surface area contributed by atoms with Gasteiger partial charge in [-0.3, -0.25) is 9.78 Å². The van der Waals surface area contributed by atoms with Gasteiger partial charge in [-0.2, -0.15) is 8.78 Å². The van der Waals surface area contributed by atoms with E-state index in [4.69, 9.17) is 5.21 Å². The number of aliphatic hydroxyl groups is 1. The van der Waals surface area contributed by atoms with Crippen LogP contribution in [-0.4, -0.2) is 46.1 Å². The third kappa shape index (κ3) is 5.04. The summed E-state index contributed by atoms with van der Waals surface area (Å²) >= 11 is 0. The first kappa shape index (κ1) is 20.4. The number of rotatable bonds is 7. The summed E-state index contributed by atoms with van der Waals surface area (Å²) in [4.78, 5) is 15.2. The fraction of sp³-hybridized carbons (Fsp3) is 0.278. The summed E-state index contributed by atoms with van der Waals surface area (Å²) in [5.41, 5.74) is 2.64. The number of alkyl halides is 3. The molecule has 1 heterocycles. The number of aliphatic hydroxyl groups excluding tert-OH is 1. The number of oxime groups is 1. The highest BCUT2D eigenvalue weighted by molar-refractivity contribution is 5.96. The Hall–Kier alpha value is -2.94. The Morgan fingerprint density at radius 2 is 1.81 bits per heavy atom. The van der Waals surface area contributed by atoms with Gasteiger partial charge in [-0.15, -0.1) is 0 Å². The van der Waals surface area contributed by atoms with E-state index < -0.39 is 31.2 Å². The third-order valence-corrected chi connectivity index (χ3v) is 3.94. The average molecular weight is 381 g/mol. The lowest BCUT2D eigenvalue weighted by atomic mass is 9.99. The van der Waals surface area contributed by atoms with Crippen molar-refractivity contribution < 1.29 is 28.3 Å². The van der Waals surface area contributed by atoms with Crippen LogP contribution in [0.3, 0.4) is 0 Å². The molecular weight excluding hydrogens is 363 g/mol. The molecule has 0 aliphatic rings. The molecule has 0 unspecified atom stereocenters. The van der Waals surface area contributed by atoms with Crippen molar-refractivity contribution in [2.75, 3.05) is 6.67 Å². The first-order valence-electron chi connectivity index (χ1n) is 7.95. The van der Waals surface area contributed by atoms with Crippen LogP contribution in [0.2, 0.25) is 0 Å². The minimum Gasteiger partial charge on any atom is -0.411 e. The van der Waals surface area contributed by atoms with Crippen LogP contribution < -0.4 is 5.32 Å². The quantitative estimate of drug-likeness (QED) is 0.390. The Labute approximate surface area is 153 Å². The number of halogens is 3. The minimum absolute atomic E-state index is 0.267. The van der Waals surface area contributed by atoms with E-state index in [9.17, 15) is 23.1 Å². The van der Waals surface area contributed by atoms with Gasteiger partial charge in [0.25, 0.3) is 5.91 Å². The van der Waals surface area contributed by atoms with Crippen molar-refractivity contribution in [3.8, 4) is 11.1 Å². The lowest BCUT2D eigenvalue weighted by Gasteiger charge is -2.22. The molecule has 0 aliphatic heterocycles. The summed E-state index contributed by atoms with van der Waals surface area (Å²) in [6.07, 6.45) is -3.19. The number of benzene rings is 1. The van der Waals surface area contributed by atoms with Crippen LogP contribution in [0, 0.1) is 0 Å². The molecule has 2 aromatic rings. The fourth-order valence-electron chi connectivity index (χ4n) is 2.38. The number of amides is 1. The first-order chi connectivity index (χ1) is 12.9. The molecule has 144 valence electrons. The van der Waals surface area contributed by atoms with Crippen molar-refractivity contribution in [1.82, 2.24) is 10.3 Å².